The summed E-state index contributed by atoms with van der Waals surface area (Å²) >= 11 is 0. The van der Waals surface area contributed by atoms with Crippen molar-refractivity contribution in [2.24, 2.45) is 0 Å². The molecule has 2 saturated heterocycles. The van der Waals surface area contributed by atoms with Crippen LogP contribution in [0.4, 0.5) is 13.2 Å². The van der Waals surface area contributed by atoms with Crippen molar-refractivity contribution in [1.29, 1.82) is 0 Å². The van der Waals surface area contributed by atoms with Crippen LogP contribution in [0, 0.1) is 0 Å². The van der Waals surface area contributed by atoms with Crippen LogP contribution in [-0.4, -0.2) is 83.9 Å². The van der Waals surface area contributed by atoms with Gasteiger partial charge in [-0.15, -0.1) is 0 Å². The number of rotatable bonds is 11. The number of ketones is 1. The van der Waals surface area contributed by atoms with E-state index >= 15 is 0 Å². The Balaban J connectivity index is 1.15. The molecule has 2 fully saturated rings. The van der Waals surface area contributed by atoms with E-state index in [9.17, 15) is 27.6 Å². The van der Waals surface area contributed by atoms with Gasteiger partial charge in [-0.2, -0.15) is 28.2 Å². The van der Waals surface area contributed by atoms with Crippen LogP contribution >= 0.6 is 0 Å². The minimum absolute atomic E-state index is 0.0876. The first-order chi connectivity index (χ1) is 24.9. The summed E-state index contributed by atoms with van der Waals surface area (Å²) in [6.07, 6.45) is -0.172. The minimum Gasteiger partial charge on any atom is -0.489 e. The van der Waals surface area contributed by atoms with Gasteiger partial charge in [-0.25, -0.2) is 4.98 Å². The number of fused-ring (bicyclic) bond motifs is 3. The van der Waals surface area contributed by atoms with Crippen LogP contribution in [0.25, 0.3) is 16.6 Å². The summed E-state index contributed by atoms with van der Waals surface area (Å²) in [6, 6.07) is 16.1. The number of hydrogen-bond donors (Lipinski definition) is 0. The fraction of sp³-hybridized carbons (Fsp3) is 0.351. The third kappa shape index (κ3) is 7.26. The van der Waals surface area contributed by atoms with E-state index < -0.39 is 11.7 Å². The SMILES string of the molecule is CC(C)Oc1ccc(C(=O)Cn2nccn2)cc1-n1c(CN2CC3CCC(C2)N3C(=O)COc2ccc(C(F)(F)F)cc2)nc2ccccc2c1=O. The standard InChI is InChI=1S/C37H36F3N7O5/c1-23(2)52-33-14-7-24(32(48)20-45-41-15-16-42-45)17-31(33)47-34(43-30-6-4-3-5-29(30)36(47)50)21-44-18-26-10-11-27(19-44)46(26)35(49)22-51-28-12-8-25(9-13-28)37(38,39)40/h3-9,12-17,23,26-27H,10-11,18-22H2,1-2H3. The van der Waals surface area contributed by atoms with Gasteiger partial charge in [0.2, 0.25) is 0 Å². The van der Waals surface area contributed by atoms with Crippen molar-refractivity contribution in [2.45, 2.75) is 64.1 Å². The van der Waals surface area contributed by atoms with Gasteiger partial charge in [-0.1, -0.05) is 12.1 Å². The first kappa shape index (κ1) is 34.9. The molecular weight excluding hydrogens is 679 g/mol. The van der Waals surface area contributed by atoms with Gasteiger partial charge in [0.05, 0.1) is 47.2 Å². The highest BCUT2D eigenvalue weighted by Crippen LogP contribution is 2.33. The highest BCUT2D eigenvalue weighted by Gasteiger charge is 2.43. The molecule has 0 N–H and O–H groups in total. The number of Topliss-reactive ketones (excluding diaryl/α,β-unsaturated/α-hetero) is 1. The van der Waals surface area contributed by atoms with Crippen LogP contribution in [0.15, 0.2) is 83.9 Å². The molecule has 7 rings (SSSR count). The smallest absolute Gasteiger partial charge is 0.416 e. The number of para-hydroxylation sites is 1. The third-order valence-electron chi connectivity index (χ3n) is 9.24. The highest BCUT2D eigenvalue weighted by atomic mass is 19.4. The lowest BCUT2D eigenvalue weighted by Gasteiger charge is -2.41. The molecule has 52 heavy (non-hydrogen) atoms. The number of amides is 1. The van der Waals surface area contributed by atoms with Crippen molar-refractivity contribution in [1.82, 2.24) is 34.3 Å². The number of carbonyl (C=O) groups is 2. The van der Waals surface area contributed by atoms with E-state index in [-0.39, 0.29) is 60.9 Å². The van der Waals surface area contributed by atoms with Crippen LogP contribution in [-0.2, 0) is 24.1 Å². The summed E-state index contributed by atoms with van der Waals surface area (Å²) in [5, 5.41) is 8.48. The summed E-state index contributed by atoms with van der Waals surface area (Å²) in [7, 11) is 0. The number of piperazine rings is 1. The van der Waals surface area contributed by atoms with Gasteiger partial charge < -0.3 is 14.4 Å². The van der Waals surface area contributed by atoms with Crippen molar-refractivity contribution in [3.05, 3.63) is 106 Å². The van der Waals surface area contributed by atoms with Gasteiger partial charge in [0.15, 0.2) is 12.4 Å². The lowest BCUT2D eigenvalue weighted by molar-refractivity contribution is -0.140. The number of likely N-dealkylation sites (tertiary alicyclic amines) is 1. The predicted octanol–water partition coefficient (Wildman–Crippen LogP) is 4.92. The number of carbonyl (C=O) groups excluding carboxylic acids is 2. The molecule has 0 radical (unpaired) electrons. The molecule has 4 heterocycles. The van der Waals surface area contributed by atoms with Crippen molar-refractivity contribution < 1.29 is 32.2 Å². The Morgan fingerprint density at radius 2 is 1.63 bits per heavy atom. The second-order valence-corrected chi connectivity index (χ2v) is 13.2. The zero-order chi connectivity index (χ0) is 36.6. The normalized spacial score (nSPS) is 17.5. The van der Waals surface area contributed by atoms with Gasteiger partial charge in [0, 0.05) is 30.7 Å². The Kier molecular flexibility index (Phi) is 9.53. The summed E-state index contributed by atoms with van der Waals surface area (Å²) in [6.45, 7) is 4.66. The molecule has 1 amide bonds. The Morgan fingerprint density at radius 1 is 0.942 bits per heavy atom. The van der Waals surface area contributed by atoms with Crippen molar-refractivity contribution >= 4 is 22.6 Å². The zero-order valence-electron chi connectivity index (χ0n) is 28.5. The zero-order valence-corrected chi connectivity index (χ0v) is 28.5. The number of nitrogens with zero attached hydrogens (tertiary/aromatic N) is 7. The predicted molar refractivity (Wildman–Crippen MR) is 183 cm³/mol. The average molecular weight is 716 g/mol. The summed E-state index contributed by atoms with van der Waals surface area (Å²) < 4.78 is 52.1. The third-order valence-corrected chi connectivity index (χ3v) is 9.24. The number of benzene rings is 3. The van der Waals surface area contributed by atoms with Gasteiger partial charge in [0.25, 0.3) is 11.5 Å². The maximum Gasteiger partial charge on any atom is 0.416 e. The lowest BCUT2D eigenvalue weighted by Crippen LogP contribution is -2.56. The first-order valence-corrected chi connectivity index (χ1v) is 17.0. The molecule has 2 aromatic heterocycles. The second kappa shape index (κ2) is 14.2. The maximum absolute atomic E-state index is 14.3. The highest BCUT2D eigenvalue weighted by molar-refractivity contribution is 5.96. The number of ether oxygens (including phenoxy) is 2. The molecule has 15 heteroatoms. The molecule has 0 aliphatic carbocycles. The van der Waals surface area contributed by atoms with Crippen molar-refractivity contribution in [3.8, 4) is 17.2 Å². The molecule has 2 bridgehead atoms. The second-order valence-electron chi connectivity index (χ2n) is 13.2. The van der Waals surface area contributed by atoms with Crippen LogP contribution in [0.2, 0.25) is 0 Å². The average Bonchev–Trinajstić information content (AvgIpc) is 3.72. The van der Waals surface area contributed by atoms with Crippen molar-refractivity contribution in [2.75, 3.05) is 19.7 Å². The van der Waals surface area contributed by atoms with Crippen LogP contribution in [0.1, 0.15) is 48.4 Å². The Labute approximate surface area is 296 Å². The van der Waals surface area contributed by atoms with Crippen LogP contribution < -0.4 is 15.0 Å². The molecule has 2 aliphatic heterocycles. The van der Waals surface area contributed by atoms with Gasteiger partial charge in [-0.3, -0.25) is 23.9 Å². The summed E-state index contributed by atoms with van der Waals surface area (Å²) in [5.74, 6) is 0.539. The van der Waals surface area contributed by atoms with Crippen LogP contribution in [0.3, 0.4) is 0 Å². The van der Waals surface area contributed by atoms with E-state index in [1.54, 1.807) is 36.4 Å². The lowest BCUT2D eigenvalue weighted by atomic mass is 10.1. The van der Waals surface area contributed by atoms with Gasteiger partial charge in [0.1, 0.15) is 23.9 Å². The summed E-state index contributed by atoms with van der Waals surface area (Å²) in [5.41, 5.74) is 0.144. The number of aromatic nitrogens is 5. The molecule has 0 saturated carbocycles. The van der Waals surface area contributed by atoms with E-state index in [0.717, 1.165) is 25.0 Å². The Morgan fingerprint density at radius 3 is 2.31 bits per heavy atom. The van der Waals surface area contributed by atoms with E-state index in [2.05, 4.69) is 15.1 Å². The molecule has 2 atom stereocenters. The summed E-state index contributed by atoms with van der Waals surface area (Å²) in [4.78, 5) is 51.2. The Hall–Kier alpha value is -5.57. The van der Waals surface area contributed by atoms with E-state index in [1.165, 1.54) is 33.9 Å². The molecule has 5 aromatic rings. The van der Waals surface area contributed by atoms with Crippen LogP contribution in [0.5, 0.6) is 11.5 Å². The Bertz CT molecular complexity index is 2140. The maximum atomic E-state index is 14.3. The molecule has 2 unspecified atom stereocenters. The van der Waals surface area contributed by atoms with E-state index in [1.807, 2.05) is 24.8 Å². The first-order valence-electron chi connectivity index (χ1n) is 17.0. The quantitative estimate of drug-likeness (QED) is 0.175. The topological polar surface area (TPSA) is 125 Å². The fourth-order valence-corrected chi connectivity index (χ4v) is 6.98. The molecule has 2 aliphatic rings. The van der Waals surface area contributed by atoms with E-state index in [0.29, 0.717) is 46.8 Å². The molecule has 3 aromatic carbocycles. The number of hydrogen-bond acceptors (Lipinski definition) is 9. The largest absolute Gasteiger partial charge is 0.489 e. The number of alkyl halides is 3. The number of halogens is 3. The van der Waals surface area contributed by atoms with Gasteiger partial charge >= 0.3 is 6.18 Å². The minimum atomic E-state index is -4.46. The van der Waals surface area contributed by atoms with Crippen molar-refractivity contribution in [3.63, 3.8) is 0 Å². The molecule has 12 nitrogen and oxygen atoms in total. The molecule has 270 valence electrons. The van der Waals surface area contributed by atoms with Gasteiger partial charge in [-0.05, 0) is 81.3 Å². The fourth-order valence-electron chi connectivity index (χ4n) is 6.98. The molecule has 0 spiro atoms. The monoisotopic (exact) mass is 715 g/mol. The molecular formula is C37H36F3N7O5. The van der Waals surface area contributed by atoms with E-state index in [4.69, 9.17) is 14.5 Å².